The third-order valence-electron chi connectivity index (χ3n) is 7.15. The predicted octanol–water partition coefficient (Wildman–Crippen LogP) is 3.27. The van der Waals surface area contributed by atoms with Crippen molar-refractivity contribution < 1.29 is 14.3 Å². The minimum atomic E-state index is -2.76. The van der Waals surface area contributed by atoms with Crippen molar-refractivity contribution in [1.82, 2.24) is 24.4 Å². The van der Waals surface area contributed by atoms with Gasteiger partial charge in [-0.05, 0) is 15.4 Å². The van der Waals surface area contributed by atoms with Gasteiger partial charge in [0, 0.05) is 20.5 Å². The third-order valence-corrected chi connectivity index (χ3v) is 12.2. The SMILES string of the molecule is CN(C)/C=N/c1ncnc2c1ncn2[C@H]1CC(O)[C@@H](CO[Si](c2ccccc2)(c2ccccc2)C(C)(C)C)O1. The summed E-state index contributed by atoms with van der Waals surface area (Å²) in [7, 11) is 1.03. The van der Waals surface area contributed by atoms with Gasteiger partial charge in [-0.3, -0.25) is 4.57 Å². The van der Waals surface area contributed by atoms with Crippen LogP contribution < -0.4 is 10.4 Å². The second-order valence-corrected chi connectivity index (χ2v) is 15.4. The van der Waals surface area contributed by atoms with Gasteiger partial charge in [0.25, 0.3) is 8.32 Å². The van der Waals surface area contributed by atoms with E-state index in [1.54, 1.807) is 12.7 Å². The van der Waals surface area contributed by atoms with Crippen molar-refractivity contribution in [1.29, 1.82) is 0 Å². The number of hydrogen-bond acceptors (Lipinski definition) is 7. The first-order valence-corrected chi connectivity index (χ1v) is 15.1. The predicted molar refractivity (Wildman–Crippen MR) is 155 cm³/mol. The van der Waals surface area contributed by atoms with E-state index in [4.69, 9.17) is 9.16 Å². The number of aliphatic hydroxyl groups excluding tert-OH is 1. The fraction of sp³-hybridized carbons (Fsp3) is 0.379. The Morgan fingerprint density at radius 1 is 1.05 bits per heavy atom. The highest BCUT2D eigenvalue weighted by atomic mass is 28.4. The summed E-state index contributed by atoms with van der Waals surface area (Å²) in [5.41, 5.74) is 1.20. The Labute approximate surface area is 230 Å². The molecule has 3 heterocycles. The molecule has 1 saturated heterocycles. The molecule has 2 aromatic carbocycles. The van der Waals surface area contributed by atoms with Gasteiger partial charge in [-0.1, -0.05) is 81.4 Å². The quantitative estimate of drug-likeness (QED) is 0.207. The Kier molecular flexibility index (Phi) is 7.63. The number of imidazole rings is 1. The lowest BCUT2D eigenvalue weighted by Gasteiger charge is -2.43. The standard InChI is InChI=1S/C29H36N6O3Si/c1-29(2,3)39(21-12-8-6-9-13-21,22-14-10-7-11-15-22)37-17-24-23(36)16-25(38-24)35-20-32-26-27(33-19-34(4)5)30-18-31-28(26)35/h6-15,18-20,23-25,36H,16-17H2,1-5H3/b33-19+/t23?,24-,25-/m1/s1. The molecule has 4 aromatic rings. The smallest absolute Gasteiger partial charge is 0.261 e. The zero-order valence-electron chi connectivity index (χ0n) is 23.1. The average molecular weight is 545 g/mol. The molecule has 39 heavy (non-hydrogen) atoms. The summed E-state index contributed by atoms with van der Waals surface area (Å²) < 4.78 is 15.3. The molecule has 0 bridgehead atoms. The van der Waals surface area contributed by atoms with Gasteiger partial charge >= 0.3 is 0 Å². The Bertz CT molecular complexity index is 1380. The lowest BCUT2D eigenvalue weighted by Crippen LogP contribution is -2.67. The number of aliphatic imine (C=N–C) groups is 1. The fourth-order valence-electron chi connectivity index (χ4n) is 5.32. The third kappa shape index (κ3) is 5.25. The number of rotatable bonds is 8. The molecule has 3 atom stereocenters. The van der Waals surface area contributed by atoms with Gasteiger partial charge in [-0.25, -0.2) is 19.9 Å². The summed E-state index contributed by atoms with van der Waals surface area (Å²) in [4.78, 5) is 19.5. The van der Waals surface area contributed by atoms with Crippen molar-refractivity contribution in [3.05, 3.63) is 73.3 Å². The molecule has 204 valence electrons. The minimum absolute atomic E-state index is 0.167. The molecule has 1 fully saturated rings. The highest BCUT2D eigenvalue weighted by Gasteiger charge is 2.51. The molecule has 1 aliphatic rings. The van der Waals surface area contributed by atoms with Gasteiger partial charge in [-0.15, -0.1) is 0 Å². The largest absolute Gasteiger partial charge is 0.405 e. The van der Waals surface area contributed by atoms with Crippen molar-refractivity contribution in [2.75, 3.05) is 20.7 Å². The van der Waals surface area contributed by atoms with Crippen molar-refractivity contribution in [2.24, 2.45) is 4.99 Å². The Morgan fingerprint density at radius 3 is 2.28 bits per heavy atom. The molecule has 1 unspecified atom stereocenters. The highest BCUT2D eigenvalue weighted by Crippen LogP contribution is 2.38. The van der Waals surface area contributed by atoms with E-state index in [1.807, 2.05) is 35.7 Å². The van der Waals surface area contributed by atoms with Crippen LogP contribution >= 0.6 is 0 Å². The monoisotopic (exact) mass is 544 g/mol. The Morgan fingerprint density at radius 2 is 1.69 bits per heavy atom. The molecule has 0 saturated carbocycles. The second kappa shape index (κ2) is 11.0. The first-order chi connectivity index (χ1) is 18.7. The van der Waals surface area contributed by atoms with Gasteiger partial charge in [0.05, 0.1) is 25.4 Å². The van der Waals surface area contributed by atoms with Gasteiger partial charge in [0.15, 0.2) is 17.0 Å². The van der Waals surface area contributed by atoms with E-state index in [1.165, 1.54) is 16.7 Å². The van der Waals surface area contributed by atoms with Gasteiger partial charge in [-0.2, -0.15) is 0 Å². The fourth-order valence-corrected chi connectivity index (χ4v) is 9.89. The number of aromatic nitrogens is 4. The average Bonchev–Trinajstić information content (AvgIpc) is 3.52. The topological polar surface area (TPSA) is 97.9 Å². The molecule has 0 aliphatic carbocycles. The molecule has 0 spiro atoms. The maximum atomic E-state index is 11.1. The minimum Gasteiger partial charge on any atom is -0.405 e. The number of fused-ring (bicyclic) bond motifs is 1. The zero-order chi connectivity index (χ0) is 27.6. The van der Waals surface area contributed by atoms with Crippen LogP contribution in [0.2, 0.25) is 5.04 Å². The summed E-state index contributed by atoms with van der Waals surface area (Å²) in [5, 5.41) is 13.3. The first-order valence-electron chi connectivity index (χ1n) is 13.2. The van der Waals surface area contributed by atoms with Crippen LogP contribution in [0.3, 0.4) is 0 Å². The van der Waals surface area contributed by atoms with Crippen LogP contribution in [-0.2, 0) is 9.16 Å². The van der Waals surface area contributed by atoms with Crippen LogP contribution in [-0.4, -0.2) is 77.1 Å². The van der Waals surface area contributed by atoms with E-state index in [0.717, 1.165) is 0 Å². The number of ether oxygens (including phenoxy) is 1. The van der Waals surface area contributed by atoms with Gasteiger partial charge < -0.3 is 19.2 Å². The first kappa shape index (κ1) is 27.1. The van der Waals surface area contributed by atoms with Crippen LogP contribution in [0.5, 0.6) is 0 Å². The van der Waals surface area contributed by atoms with Crippen LogP contribution in [0, 0.1) is 0 Å². The summed E-state index contributed by atoms with van der Waals surface area (Å²) >= 11 is 0. The lowest BCUT2D eigenvalue weighted by molar-refractivity contribution is -0.0398. The van der Waals surface area contributed by atoms with Crippen LogP contribution in [0.1, 0.15) is 33.4 Å². The van der Waals surface area contributed by atoms with Gasteiger partial charge in [0.2, 0.25) is 0 Å². The maximum Gasteiger partial charge on any atom is 0.261 e. The highest BCUT2D eigenvalue weighted by molar-refractivity contribution is 6.99. The molecule has 1 N–H and O–H groups in total. The molecular weight excluding hydrogens is 508 g/mol. The molecule has 2 aromatic heterocycles. The van der Waals surface area contributed by atoms with E-state index in [0.29, 0.717) is 23.4 Å². The van der Waals surface area contributed by atoms with Crippen LogP contribution in [0.15, 0.2) is 78.3 Å². The van der Waals surface area contributed by atoms with Crippen molar-refractivity contribution >= 4 is 42.0 Å². The summed E-state index contributed by atoms with van der Waals surface area (Å²) in [6.45, 7) is 6.98. The van der Waals surface area contributed by atoms with E-state index in [-0.39, 0.29) is 11.6 Å². The molecule has 0 amide bonds. The molecule has 0 radical (unpaired) electrons. The van der Waals surface area contributed by atoms with E-state index >= 15 is 0 Å². The van der Waals surface area contributed by atoms with Crippen molar-refractivity contribution in [3.63, 3.8) is 0 Å². The van der Waals surface area contributed by atoms with Gasteiger partial charge in [0.1, 0.15) is 18.7 Å². The van der Waals surface area contributed by atoms with E-state index in [2.05, 4.69) is 89.2 Å². The maximum absolute atomic E-state index is 11.1. The number of benzene rings is 2. The summed E-state index contributed by atoms with van der Waals surface area (Å²) in [6, 6.07) is 21.0. The van der Waals surface area contributed by atoms with Crippen molar-refractivity contribution in [3.8, 4) is 0 Å². The van der Waals surface area contributed by atoms with E-state index in [9.17, 15) is 5.11 Å². The second-order valence-electron chi connectivity index (χ2n) is 11.1. The molecule has 10 heteroatoms. The van der Waals surface area contributed by atoms with E-state index < -0.39 is 26.8 Å². The molecule has 5 rings (SSSR count). The molecular formula is C29H36N6O3Si. The normalized spacial score (nSPS) is 20.2. The number of hydrogen-bond donors (Lipinski definition) is 1. The number of aliphatic hydroxyl groups is 1. The van der Waals surface area contributed by atoms with Crippen LogP contribution in [0.25, 0.3) is 11.2 Å². The Balaban J connectivity index is 1.42. The lowest BCUT2D eigenvalue weighted by atomic mass is 10.2. The molecule has 1 aliphatic heterocycles. The van der Waals surface area contributed by atoms with Crippen LogP contribution in [0.4, 0.5) is 5.82 Å². The summed E-state index contributed by atoms with van der Waals surface area (Å²) in [6.07, 6.45) is 3.60. The Hall–Kier alpha value is -3.44. The van der Waals surface area contributed by atoms with Crippen molar-refractivity contribution in [2.45, 2.75) is 50.7 Å². The zero-order valence-corrected chi connectivity index (χ0v) is 24.1. The number of nitrogens with zero attached hydrogens (tertiary/aromatic N) is 6. The molecule has 9 nitrogen and oxygen atoms in total. The summed E-state index contributed by atoms with van der Waals surface area (Å²) in [5.74, 6) is 0.484.